The van der Waals surface area contributed by atoms with Crippen molar-refractivity contribution in [2.24, 2.45) is 0 Å². The van der Waals surface area contributed by atoms with Gasteiger partial charge in [0.15, 0.2) is 11.6 Å². The van der Waals surface area contributed by atoms with Crippen LogP contribution in [0.15, 0.2) is 87.4 Å². The van der Waals surface area contributed by atoms with Crippen molar-refractivity contribution >= 4 is 41.2 Å². The Labute approximate surface area is 149 Å². The molecule has 0 N–H and O–H groups in total. The van der Waals surface area contributed by atoms with Crippen LogP contribution in [0.1, 0.15) is 15.9 Å². The average molecular weight is 350 g/mol. The van der Waals surface area contributed by atoms with E-state index in [1.54, 1.807) is 30.3 Å². The zero-order chi connectivity index (χ0) is 16.8. The number of benzene rings is 2. The van der Waals surface area contributed by atoms with E-state index in [1.165, 1.54) is 29.6 Å². The fourth-order valence-electron chi connectivity index (χ4n) is 2.18. The largest absolute Gasteiger partial charge is 0.289 e. The summed E-state index contributed by atoms with van der Waals surface area (Å²) in [5.74, 6) is -0.511. The van der Waals surface area contributed by atoms with Gasteiger partial charge in [0.05, 0.1) is 9.81 Å². The van der Waals surface area contributed by atoms with E-state index >= 15 is 0 Å². The minimum absolute atomic E-state index is 0.230. The van der Waals surface area contributed by atoms with E-state index in [0.29, 0.717) is 5.56 Å². The number of hydrogen-bond acceptors (Lipinski definition) is 4. The Balaban J connectivity index is 1.91. The number of rotatable bonds is 5. The number of thioether (sulfide) groups is 2. The molecule has 0 fully saturated rings. The van der Waals surface area contributed by atoms with Crippen molar-refractivity contribution in [2.75, 3.05) is 0 Å². The molecule has 1 aliphatic rings. The molecule has 0 saturated heterocycles. The minimum atomic E-state index is -0.272. The molecule has 0 saturated carbocycles. The highest BCUT2D eigenvalue weighted by Gasteiger charge is 2.24. The van der Waals surface area contributed by atoms with E-state index in [-0.39, 0.29) is 17.1 Å². The maximum atomic E-state index is 12.8. The number of hydrogen-bond donors (Lipinski definition) is 0. The molecule has 2 aromatic carbocycles. The van der Waals surface area contributed by atoms with Crippen LogP contribution in [0.5, 0.6) is 0 Å². The number of ketones is 2. The summed E-state index contributed by atoms with van der Waals surface area (Å²) in [6.07, 6.45) is 3.21. The first-order valence-electron chi connectivity index (χ1n) is 7.35. The Morgan fingerprint density at radius 1 is 0.792 bits per heavy atom. The van der Waals surface area contributed by atoms with Gasteiger partial charge in [-0.2, -0.15) is 0 Å². The zero-order valence-corrected chi connectivity index (χ0v) is 14.3. The molecule has 1 heterocycles. The first-order valence-corrected chi connectivity index (χ1v) is 9.11. The second-order valence-electron chi connectivity index (χ2n) is 4.97. The van der Waals surface area contributed by atoms with Crippen molar-refractivity contribution in [1.82, 2.24) is 0 Å². The first-order chi connectivity index (χ1) is 11.8. The molecule has 0 unspecified atom stereocenters. The van der Waals surface area contributed by atoms with Crippen molar-refractivity contribution < 1.29 is 9.59 Å². The van der Waals surface area contributed by atoms with E-state index in [2.05, 4.69) is 0 Å². The van der Waals surface area contributed by atoms with Crippen LogP contribution in [-0.4, -0.2) is 11.6 Å². The van der Waals surface area contributed by atoms with E-state index < -0.39 is 0 Å². The van der Waals surface area contributed by atoms with Crippen LogP contribution in [0.3, 0.4) is 0 Å². The molecule has 2 nitrogen and oxygen atoms in total. The third-order valence-corrected chi connectivity index (χ3v) is 5.48. The van der Waals surface area contributed by atoms with Crippen LogP contribution in [0.2, 0.25) is 0 Å². The van der Waals surface area contributed by atoms with Crippen LogP contribution < -0.4 is 0 Å². The lowest BCUT2D eigenvalue weighted by atomic mass is 10.0. The van der Waals surface area contributed by atoms with Gasteiger partial charge in [-0.15, -0.1) is 0 Å². The summed E-state index contributed by atoms with van der Waals surface area (Å²) in [5, 5.41) is 3.76. The predicted molar refractivity (Wildman–Crippen MR) is 103 cm³/mol. The van der Waals surface area contributed by atoms with E-state index in [0.717, 1.165) is 9.80 Å². The van der Waals surface area contributed by atoms with Crippen molar-refractivity contribution in [3.8, 4) is 0 Å². The van der Waals surface area contributed by atoms with Gasteiger partial charge in [0, 0.05) is 5.56 Å². The quantitative estimate of drug-likeness (QED) is 0.316. The molecule has 0 aromatic heterocycles. The summed E-state index contributed by atoms with van der Waals surface area (Å²) in [6.45, 7) is 0. The van der Waals surface area contributed by atoms with Gasteiger partial charge in [-0.1, -0.05) is 90.3 Å². The van der Waals surface area contributed by atoms with Crippen molar-refractivity contribution in [2.45, 2.75) is 0 Å². The molecule has 4 heteroatoms. The maximum absolute atomic E-state index is 12.8. The summed E-state index contributed by atoms with van der Waals surface area (Å²) in [4.78, 5) is 25.5. The van der Waals surface area contributed by atoms with Gasteiger partial charge in [0.1, 0.15) is 0 Å². The van der Waals surface area contributed by atoms with Gasteiger partial charge < -0.3 is 0 Å². The first kappa shape index (κ1) is 16.6. The fourth-order valence-corrected chi connectivity index (χ4v) is 4.05. The Kier molecular flexibility index (Phi) is 5.51. The smallest absolute Gasteiger partial charge is 0.198 e. The molecular weight excluding hydrogens is 336 g/mol. The number of allylic oxidation sites excluding steroid dienone is 2. The van der Waals surface area contributed by atoms with E-state index in [4.69, 9.17) is 0 Å². The molecule has 1 aliphatic heterocycles. The summed E-state index contributed by atoms with van der Waals surface area (Å²) < 4.78 is 0.728. The summed E-state index contributed by atoms with van der Waals surface area (Å²) in [7, 11) is 0. The Morgan fingerprint density at radius 2 is 1.38 bits per heavy atom. The van der Waals surface area contributed by atoms with Crippen molar-refractivity contribution in [3.05, 3.63) is 98.5 Å². The normalized spacial score (nSPS) is 13.4. The third kappa shape index (κ3) is 3.96. The van der Waals surface area contributed by atoms with Crippen LogP contribution in [0, 0.1) is 0 Å². The van der Waals surface area contributed by atoms with Crippen LogP contribution in [0.4, 0.5) is 0 Å². The summed E-state index contributed by atoms with van der Waals surface area (Å²) in [5.41, 5.74) is 1.68. The standard InChI is InChI=1S/C20H14O2S2/c21-17(12-11-15-7-3-1-4-8-15)18(20-23-13-14-24-20)19(22)16-9-5-2-6-10-16/h1-14H. The highest BCUT2D eigenvalue weighted by atomic mass is 32.2. The Morgan fingerprint density at radius 3 is 2.00 bits per heavy atom. The zero-order valence-electron chi connectivity index (χ0n) is 12.7. The van der Waals surface area contributed by atoms with Gasteiger partial charge >= 0.3 is 0 Å². The Hall–Kier alpha value is -2.30. The van der Waals surface area contributed by atoms with E-state index in [1.807, 2.05) is 47.2 Å². The molecule has 0 radical (unpaired) electrons. The summed E-state index contributed by atoms with van der Waals surface area (Å²) >= 11 is 2.82. The molecule has 0 amide bonds. The molecule has 2 aromatic rings. The van der Waals surface area contributed by atoms with Crippen molar-refractivity contribution in [1.29, 1.82) is 0 Å². The second-order valence-corrected chi connectivity index (χ2v) is 7.06. The number of carbonyl (C=O) groups excluding carboxylic acids is 2. The lowest BCUT2D eigenvalue weighted by Gasteiger charge is -2.07. The molecule has 0 aliphatic carbocycles. The third-order valence-electron chi connectivity index (χ3n) is 3.35. The fraction of sp³-hybridized carbons (Fsp3) is 0. The average Bonchev–Trinajstić information content (AvgIpc) is 3.16. The van der Waals surface area contributed by atoms with Gasteiger partial charge in [0.25, 0.3) is 0 Å². The molecule has 3 rings (SSSR count). The lowest BCUT2D eigenvalue weighted by Crippen LogP contribution is -2.12. The number of carbonyl (C=O) groups is 2. The van der Waals surface area contributed by atoms with Crippen LogP contribution in [0.25, 0.3) is 6.08 Å². The molecule has 24 heavy (non-hydrogen) atoms. The van der Waals surface area contributed by atoms with Gasteiger partial charge in [-0.25, -0.2) is 0 Å². The van der Waals surface area contributed by atoms with Gasteiger partial charge in [-0.05, 0) is 22.5 Å². The molecule has 118 valence electrons. The topological polar surface area (TPSA) is 34.1 Å². The summed E-state index contributed by atoms with van der Waals surface area (Å²) in [6, 6.07) is 18.5. The van der Waals surface area contributed by atoms with E-state index in [9.17, 15) is 9.59 Å². The van der Waals surface area contributed by atoms with Crippen LogP contribution in [-0.2, 0) is 4.79 Å². The monoisotopic (exact) mass is 350 g/mol. The predicted octanol–water partition coefficient (Wildman–Crippen LogP) is 5.31. The molecule has 0 bridgehead atoms. The van der Waals surface area contributed by atoms with Gasteiger partial charge in [-0.3, -0.25) is 9.59 Å². The minimum Gasteiger partial charge on any atom is -0.289 e. The highest BCUT2D eigenvalue weighted by Crippen LogP contribution is 2.41. The Bertz CT molecular complexity index is 824. The number of Topliss-reactive ketones (excluding diaryl/α,β-unsaturated/α-hetero) is 1. The SMILES string of the molecule is O=C(C=Cc1ccccc1)C(C(=O)c1ccccc1)=C1SC=CS1. The van der Waals surface area contributed by atoms with Gasteiger partial charge in [0.2, 0.25) is 0 Å². The highest BCUT2D eigenvalue weighted by molar-refractivity contribution is 8.27. The lowest BCUT2D eigenvalue weighted by molar-refractivity contribution is -0.111. The van der Waals surface area contributed by atoms with Crippen molar-refractivity contribution in [3.63, 3.8) is 0 Å². The van der Waals surface area contributed by atoms with Crippen LogP contribution >= 0.6 is 23.5 Å². The molecule has 0 spiro atoms. The second kappa shape index (κ2) is 7.99. The molecular formula is C20H14O2S2. The maximum Gasteiger partial charge on any atom is 0.198 e. The molecule has 0 atom stereocenters.